The van der Waals surface area contributed by atoms with E-state index in [9.17, 15) is 13.6 Å². The van der Waals surface area contributed by atoms with E-state index >= 15 is 0 Å². The van der Waals surface area contributed by atoms with Gasteiger partial charge >= 0.3 is 12.6 Å². The predicted octanol–water partition coefficient (Wildman–Crippen LogP) is 5.92. The monoisotopic (exact) mass is 448 g/mol. The molecule has 9 heteroatoms. The minimum absolute atomic E-state index is 0.0452. The van der Waals surface area contributed by atoms with Crippen molar-refractivity contribution in [1.82, 2.24) is 0 Å². The van der Waals surface area contributed by atoms with Crippen LogP contribution in [0.15, 0.2) is 54.6 Å². The minimum atomic E-state index is -2.89. The van der Waals surface area contributed by atoms with Crippen molar-refractivity contribution >= 4 is 45.3 Å². The second-order valence-corrected chi connectivity index (χ2v) is 7.71. The van der Waals surface area contributed by atoms with Gasteiger partial charge in [-0.25, -0.2) is 4.79 Å². The molecule has 0 bridgehead atoms. The summed E-state index contributed by atoms with van der Waals surface area (Å²) in [6.45, 7) is -0.966. The summed E-state index contributed by atoms with van der Waals surface area (Å²) >= 11 is 6.74. The van der Waals surface area contributed by atoms with E-state index < -0.39 is 12.6 Å². The number of halogens is 2. The summed E-state index contributed by atoms with van der Waals surface area (Å²) in [5.41, 5.74) is 2.65. The molecule has 30 heavy (non-hydrogen) atoms. The van der Waals surface area contributed by atoms with Gasteiger partial charge < -0.3 is 20.1 Å². The molecule has 2 aromatic carbocycles. The van der Waals surface area contributed by atoms with E-state index in [-0.39, 0.29) is 10.9 Å². The molecule has 0 aliphatic heterocycles. The number of hydrogen-bond acceptors (Lipinski definition) is 5. The van der Waals surface area contributed by atoms with Crippen molar-refractivity contribution in [3.63, 3.8) is 0 Å². The van der Waals surface area contributed by atoms with E-state index in [1.165, 1.54) is 30.6 Å². The first-order valence-electron chi connectivity index (χ1n) is 8.79. The Bertz CT molecular complexity index is 1040. The SMILES string of the molecule is COC(=O)c1c(NC(=S)Nc2ccc(OC(F)F)cc2)sc(C)c1-c1ccccc1. The highest BCUT2D eigenvalue weighted by Crippen LogP contribution is 2.40. The van der Waals surface area contributed by atoms with E-state index in [1.807, 2.05) is 37.3 Å². The standard InChI is InChI=1S/C21H18F2N2O3S2/c1-12-16(13-6-4-3-5-7-13)17(19(26)27-2)18(30-12)25-21(29)24-14-8-10-15(11-9-14)28-20(22)23/h3-11,20H,1-2H3,(H2,24,25,29). The Labute approximate surface area is 181 Å². The number of alkyl halides is 2. The Balaban J connectivity index is 1.82. The first-order valence-corrected chi connectivity index (χ1v) is 10.0. The van der Waals surface area contributed by atoms with Crippen LogP contribution in [0, 0.1) is 6.92 Å². The number of methoxy groups -OCH3 is 1. The maximum Gasteiger partial charge on any atom is 0.387 e. The molecule has 0 spiro atoms. The molecule has 1 heterocycles. The van der Waals surface area contributed by atoms with Crippen LogP contribution < -0.4 is 15.4 Å². The number of carbonyl (C=O) groups excluding carboxylic acids is 1. The van der Waals surface area contributed by atoms with Crippen LogP contribution in [0.25, 0.3) is 11.1 Å². The molecular weight excluding hydrogens is 430 g/mol. The van der Waals surface area contributed by atoms with Gasteiger partial charge in [-0.05, 0) is 49.0 Å². The molecule has 0 aliphatic rings. The first-order chi connectivity index (χ1) is 14.4. The zero-order valence-electron chi connectivity index (χ0n) is 16.1. The molecule has 3 rings (SSSR count). The lowest BCUT2D eigenvalue weighted by Crippen LogP contribution is -2.20. The van der Waals surface area contributed by atoms with E-state index in [2.05, 4.69) is 15.4 Å². The number of esters is 1. The quantitative estimate of drug-likeness (QED) is 0.361. The van der Waals surface area contributed by atoms with Gasteiger partial charge in [0.15, 0.2) is 5.11 Å². The molecule has 3 aromatic rings. The number of carbonyl (C=O) groups is 1. The summed E-state index contributed by atoms with van der Waals surface area (Å²) in [6.07, 6.45) is 0. The van der Waals surface area contributed by atoms with Gasteiger partial charge in [-0.3, -0.25) is 0 Å². The zero-order valence-corrected chi connectivity index (χ0v) is 17.7. The average Bonchev–Trinajstić information content (AvgIpc) is 3.04. The lowest BCUT2D eigenvalue weighted by molar-refractivity contribution is -0.0498. The van der Waals surface area contributed by atoms with Gasteiger partial charge in [-0.15, -0.1) is 11.3 Å². The van der Waals surface area contributed by atoms with Gasteiger partial charge in [0.2, 0.25) is 0 Å². The lowest BCUT2D eigenvalue weighted by Gasteiger charge is -2.12. The molecule has 0 saturated carbocycles. The largest absolute Gasteiger partial charge is 0.465 e. The fourth-order valence-corrected chi connectivity index (χ4v) is 4.22. The molecule has 0 radical (unpaired) electrons. The third kappa shape index (κ3) is 5.11. The summed E-state index contributed by atoms with van der Waals surface area (Å²) < 4.78 is 33.8. The highest BCUT2D eigenvalue weighted by atomic mass is 32.1. The normalized spacial score (nSPS) is 10.6. The van der Waals surface area contributed by atoms with Gasteiger partial charge in [0.05, 0.1) is 7.11 Å². The van der Waals surface area contributed by atoms with Crippen molar-refractivity contribution in [3.05, 3.63) is 65.0 Å². The third-order valence-corrected chi connectivity index (χ3v) is 5.33. The Morgan fingerprint density at radius 2 is 1.73 bits per heavy atom. The molecular formula is C21H18F2N2O3S2. The molecule has 0 fully saturated rings. The van der Waals surface area contributed by atoms with Crippen LogP contribution in [0.4, 0.5) is 19.5 Å². The number of anilines is 2. The number of thiocarbonyl (C=S) groups is 1. The molecule has 2 N–H and O–H groups in total. The summed E-state index contributed by atoms with van der Waals surface area (Å²) in [5.74, 6) is -0.430. The molecule has 0 aliphatic carbocycles. The molecule has 5 nitrogen and oxygen atoms in total. The molecule has 0 amide bonds. The van der Waals surface area contributed by atoms with E-state index in [1.54, 1.807) is 12.1 Å². The number of nitrogens with one attached hydrogen (secondary N) is 2. The lowest BCUT2D eigenvalue weighted by atomic mass is 10.0. The Hall–Kier alpha value is -3.04. The molecule has 0 atom stereocenters. The predicted molar refractivity (Wildman–Crippen MR) is 119 cm³/mol. The molecule has 0 saturated heterocycles. The first kappa shape index (κ1) is 21.7. The fourth-order valence-electron chi connectivity index (χ4n) is 2.87. The minimum Gasteiger partial charge on any atom is -0.465 e. The topological polar surface area (TPSA) is 59.6 Å². The van der Waals surface area contributed by atoms with Crippen LogP contribution in [0.3, 0.4) is 0 Å². The number of rotatable bonds is 6. The maximum atomic E-state index is 12.5. The van der Waals surface area contributed by atoms with Crippen LogP contribution in [0.2, 0.25) is 0 Å². The van der Waals surface area contributed by atoms with Gasteiger partial charge in [0, 0.05) is 16.1 Å². The molecule has 0 unspecified atom stereocenters. The number of hydrogen-bond donors (Lipinski definition) is 2. The van der Waals surface area contributed by atoms with E-state index in [0.717, 1.165) is 16.0 Å². The van der Waals surface area contributed by atoms with Gasteiger partial charge in [0.1, 0.15) is 16.3 Å². The van der Waals surface area contributed by atoms with E-state index in [0.29, 0.717) is 16.3 Å². The highest BCUT2D eigenvalue weighted by Gasteiger charge is 2.24. The van der Waals surface area contributed by atoms with Gasteiger partial charge in [0.25, 0.3) is 0 Å². The van der Waals surface area contributed by atoms with Crippen LogP contribution in [0.5, 0.6) is 5.75 Å². The highest BCUT2D eigenvalue weighted by molar-refractivity contribution is 7.80. The van der Waals surface area contributed by atoms with Crippen molar-refractivity contribution in [2.24, 2.45) is 0 Å². The zero-order chi connectivity index (χ0) is 21.7. The summed E-state index contributed by atoms with van der Waals surface area (Å²) in [4.78, 5) is 13.4. The Kier molecular flexibility index (Phi) is 6.96. The van der Waals surface area contributed by atoms with Crippen LogP contribution in [0.1, 0.15) is 15.2 Å². The third-order valence-electron chi connectivity index (χ3n) is 4.10. The number of thiophene rings is 1. The van der Waals surface area contributed by atoms with Crippen LogP contribution in [-0.4, -0.2) is 24.8 Å². The summed E-state index contributed by atoms with van der Waals surface area (Å²) in [5, 5.41) is 6.78. The van der Waals surface area contributed by atoms with Crippen LogP contribution >= 0.6 is 23.6 Å². The van der Waals surface area contributed by atoms with E-state index in [4.69, 9.17) is 17.0 Å². The van der Waals surface area contributed by atoms with Crippen molar-refractivity contribution in [2.75, 3.05) is 17.7 Å². The second-order valence-electron chi connectivity index (χ2n) is 6.08. The number of aryl methyl sites for hydroxylation is 1. The van der Waals surface area contributed by atoms with Crippen molar-refractivity contribution in [2.45, 2.75) is 13.5 Å². The average molecular weight is 449 g/mol. The number of ether oxygens (including phenoxy) is 2. The Morgan fingerprint density at radius 3 is 2.33 bits per heavy atom. The van der Waals surface area contributed by atoms with Crippen LogP contribution in [-0.2, 0) is 4.74 Å². The van der Waals surface area contributed by atoms with Gasteiger partial charge in [-0.2, -0.15) is 8.78 Å². The Morgan fingerprint density at radius 1 is 1.07 bits per heavy atom. The summed E-state index contributed by atoms with van der Waals surface area (Å²) in [6, 6.07) is 15.5. The smallest absolute Gasteiger partial charge is 0.387 e. The summed E-state index contributed by atoms with van der Waals surface area (Å²) in [7, 11) is 1.33. The second kappa shape index (κ2) is 9.64. The maximum absolute atomic E-state index is 12.5. The van der Waals surface area contributed by atoms with Gasteiger partial charge in [-0.1, -0.05) is 30.3 Å². The molecule has 156 valence electrons. The fraction of sp³-hybridized carbons (Fsp3) is 0.143. The van der Waals surface area contributed by atoms with Crippen molar-refractivity contribution < 1.29 is 23.0 Å². The number of benzene rings is 2. The van der Waals surface area contributed by atoms with Crippen molar-refractivity contribution in [3.8, 4) is 16.9 Å². The molecule has 1 aromatic heterocycles. The van der Waals surface area contributed by atoms with Crippen molar-refractivity contribution in [1.29, 1.82) is 0 Å².